The Labute approximate surface area is 130 Å². The van der Waals surface area contributed by atoms with Crippen LogP contribution in [-0.2, 0) is 4.74 Å². The van der Waals surface area contributed by atoms with Gasteiger partial charge < -0.3 is 10.1 Å². The lowest BCUT2D eigenvalue weighted by atomic mass is 10.1. The number of carbonyl (C=O) groups is 2. The first-order valence-corrected chi connectivity index (χ1v) is 6.93. The van der Waals surface area contributed by atoms with E-state index in [4.69, 9.17) is 0 Å². The summed E-state index contributed by atoms with van der Waals surface area (Å²) in [6, 6.07) is 13.8. The van der Waals surface area contributed by atoms with Crippen LogP contribution in [0.25, 0.3) is 0 Å². The lowest BCUT2D eigenvalue weighted by Crippen LogP contribution is -2.12. The molecule has 5 heteroatoms. The van der Waals surface area contributed by atoms with Crippen molar-refractivity contribution in [2.24, 2.45) is 0 Å². The van der Waals surface area contributed by atoms with Crippen molar-refractivity contribution in [2.45, 2.75) is 0 Å². The van der Waals surface area contributed by atoms with Crippen molar-refractivity contribution in [3.63, 3.8) is 0 Å². The van der Waals surface area contributed by atoms with Gasteiger partial charge in [0, 0.05) is 14.8 Å². The zero-order valence-electron chi connectivity index (χ0n) is 10.7. The van der Waals surface area contributed by atoms with Crippen molar-refractivity contribution in [3.05, 3.63) is 63.2 Å². The zero-order valence-corrected chi connectivity index (χ0v) is 12.9. The lowest BCUT2D eigenvalue weighted by Gasteiger charge is -2.06. The van der Waals surface area contributed by atoms with E-state index in [-0.39, 0.29) is 5.91 Å². The quantitative estimate of drug-likeness (QED) is 0.656. The Morgan fingerprint density at radius 2 is 1.70 bits per heavy atom. The van der Waals surface area contributed by atoms with E-state index in [9.17, 15) is 9.59 Å². The summed E-state index contributed by atoms with van der Waals surface area (Å²) < 4.78 is 5.65. The number of amides is 1. The second-order valence-corrected chi connectivity index (χ2v) is 5.28. The van der Waals surface area contributed by atoms with Crippen LogP contribution in [0.3, 0.4) is 0 Å². The van der Waals surface area contributed by atoms with E-state index in [1.165, 1.54) is 7.11 Å². The predicted octanol–water partition coefficient (Wildman–Crippen LogP) is 3.33. The first-order valence-electron chi connectivity index (χ1n) is 5.85. The Hall–Kier alpha value is -1.89. The number of esters is 1. The molecule has 0 aromatic heterocycles. The van der Waals surface area contributed by atoms with Gasteiger partial charge in [0.05, 0.1) is 12.7 Å². The van der Waals surface area contributed by atoms with Gasteiger partial charge in [-0.3, -0.25) is 4.79 Å². The third-order valence-corrected chi connectivity index (χ3v) is 3.32. The number of carbonyl (C=O) groups excluding carboxylic acids is 2. The molecule has 0 aliphatic carbocycles. The summed E-state index contributed by atoms with van der Waals surface area (Å²) in [5.74, 6) is -0.641. The molecule has 0 saturated heterocycles. The molecule has 0 aliphatic heterocycles. The molecule has 0 heterocycles. The second kappa shape index (κ2) is 6.51. The predicted molar refractivity (Wildman–Crippen MR) is 84.9 cm³/mol. The standard InChI is InChI=1S/C15H12INO3/c1-20-15(19)11-7-5-10(6-8-11)14(18)17-13-4-2-3-12(16)9-13/h2-9H,1H3,(H,17,18). The molecule has 20 heavy (non-hydrogen) atoms. The molecule has 2 rings (SSSR count). The van der Waals surface area contributed by atoms with Crippen LogP contribution in [-0.4, -0.2) is 19.0 Å². The Morgan fingerprint density at radius 1 is 1.05 bits per heavy atom. The van der Waals surface area contributed by atoms with Gasteiger partial charge in [0.1, 0.15) is 0 Å². The molecule has 4 nitrogen and oxygen atoms in total. The highest BCUT2D eigenvalue weighted by Crippen LogP contribution is 2.14. The fraction of sp³-hybridized carbons (Fsp3) is 0.0667. The van der Waals surface area contributed by atoms with Crippen LogP contribution < -0.4 is 5.32 Å². The molecular weight excluding hydrogens is 369 g/mol. The number of hydrogen-bond acceptors (Lipinski definition) is 3. The van der Waals surface area contributed by atoms with Gasteiger partial charge in [0.2, 0.25) is 0 Å². The minimum absolute atomic E-state index is 0.219. The maximum Gasteiger partial charge on any atom is 0.337 e. The van der Waals surface area contributed by atoms with Gasteiger partial charge in [-0.1, -0.05) is 6.07 Å². The average Bonchev–Trinajstić information content (AvgIpc) is 2.46. The van der Waals surface area contributed by atoms with E-state index < -0.39 is 5.97 Å². The van der Waals surface area contributed by atoms with Crippen LogP contribution >= 0.6 is 22.6 Å². The highest BCUT2D eigenvalue weighted by Gasteiger charge is 2.09. The summed E-state index contributed by atoms with van der Waals surface area (Å²) in [6.07, 6.45) is 0. The summed E-state index contributed by atoms with van der Waals surface area (Å²) in [5, 5.41) is 2.80. The molecule has 2 aromatic rings. The number of nitrogens with one attached hydrogen (secondary N) is 1. The normalized spacial score (nSPS) is 9.90. The maximum absolute atomic E-state index is 12.0. The number of halogens is 1. The van der Waals surface area contributed by atoms with E-state index in [1.54, 1.807) is 24.3 Å². The highest BCUT2D eigenvalue weighted by molar-refractivity contribution is 14.1. The molecule has 2 aromatic carbocycles. The number of benzene rings is 2. The topological polar surface area (TPSA) is 55.4 Å². The zero-order chi connectivity index (χ0) is 14.5. The number of anilines is 1. The van der Waals surface area contributed by atoms with Gasteiger partial charge in [0.15, 0.2) is 0 Å². The Kier molecular flexibility index (Phi) is 4.73. The minimum atomic E-state index is -0.422. The molecule has 102 valence electrons. The van der Waals surface area contributed by atoms with E-state index >= 15 is 0 Å². The SMILES string of the molecule is COC(=O)c1ccc(C(=O)Nc2cccc(I)c2)cc1. The molecule has 0 aliphatic rings. The number of hydrogen-bond donors (Lipinski definition) is 1. The fourth-order valence-electron chi connectivity index (χ4n) is 1.65. The van der Waals surface area contributed by atoms with E-state index in [0.717, 1.165) is 9.26 Å². The van der Waals surface area contributed by atoms with E-state index in [1.807, 2.05) is 24.3 Å². The third-order valence-electron chi connectivity index (χ3n) is 2.65. The van der Waals surface area contributed by atoms with Crippen LogP contribution in [0, 0.1) is 3.57 Å². The lowest BCUT2D eigenvalue weighted by molar-refractivity contribution is 0.0600. The fourth-order valence-corrected chi connectivity index (χ4v) is 2.19. The van der Waals surface area contributed by atoms with E-state index in [0.29, 0.717) is 11.1 Å². The summed E-state index contributed by atoms with van der Waals surface area (Å²) >= 11 is 2.18. The molecular formula is C15H12INO3. The molecule has 1 amide bonds. The number of methoxy groups -OCH3 is 1. The van der Waals surface area contributed by atoms with Gasteiger partial charge in [-0.25, -0.2) is 4.79 Å². The van der Waals surface area contributed by atoms with Gasteiger partial charge in [-0.05, 0) is 65.1 Å². The summed E-state index contributed by atoms with van der Waals surface area (Å²) in [4.78, 5) is 23.3. The van der Waals surface area contributed by atoms with Crippen LogP contribution in [0.5, 0.6) is 0 Å². The van der Waals surface area contributed by atoms with Crippen molar-refractivity contribution in [2.75, 3.05) is 12.4 Å². The number of rotatable bonds is 3. The average molecular weight is 381 g/mol. The molecule has 1 N–H and O–H groups in total. The Morgan fingerprint density at radius 3 is 2.30 bits per heavy atom. The second-order valence-electron chi connectivity index (χ2n) is 4.03. The third kappa shape index (κ3) is 3.57. The van der Waals surface area contributed by atoms with Crippen LogP contribution in [0.4, 0.5) is 5.69 Å². The van der Waals surface area contributed by atoms with Gasteiger partial charge in [-0.2, -0.15) is 0 Å². The molecule has 0 saturated carbocycles. The monoisotopic (exact) mass is 381 g/mol. The van der Waals surface area contributed by atoms with Crippen LogP contribution in [0.1, 0.15) is 20.7 Å². The minimum Gasteiger partial charge on any atom is -0.465 e. The smallest absolute Gasteiger partial charge is 0.337 e. The maximum atomic E-state index is 12.0. The van der Waals surface area contributed by atoms with Crippen molar-refractivity contribution in [1.82, 2.24) is 0 Å². The number of ether oxygens (including phenoxy) is 1. The molecule has 0 unspecified atom stereocenters. The molecule has 0 atom stereocenters. The largest absolute Gasteiger partial charge is 0.465 e. The van der Waals surface area contributed by atoms with Gasteiger partial charge >= 0.3 is 5.97 Å². The van der Waals surface area contributed by atoms with Crippen molar-refractivity contribution in [1.29, 1.82) is 0 Å². The molecule has 0 spiro atoms. The molecule has 0 bridgehead atoms. The highest BCUT2D eigenvalue weighted by atomic mass is 127. The van der Waals surface area contributed by atoms with Crippen molar-refractivity contribution in [3.8, 4) is 0 Å². The summed E-state index contributed by atoms with van der Waals surface area (Å²) in [7, 11) is 1.32. The molecule has 0 fully saturated rings. The summed E-state index contributed by atoms with van der Waals surface area (Å²) in [5.41, 5.74) is 1.63. The Bertz CT molecular complexity index is 638. The van der Waals surface area contributed by atoms with Crippen LogP contribution in [0.2, 0.25) is 0 Å². The Balaban J connectivity index is 2.11. The van der Waals surface area contributed by atoms with Crippen molar-refractivity contribution >= 4 is 40.2 Å². The molecule has 0 radical (unpaired) electrons. The van der Waals surface area contributed by atoms with Gasteiger partial charge in [0.25, 0.3) is 5.91 Å². The van der Waals surface area contributed by atoms with Crippen molar-refractivity contribution < 1.29 is 14.3 Å². The van der Waals surface area contributed by atoms with Gasteiger partial charge in [-0.15, -0.1) is 0 Å². The first-order chi connectivity index (χ1) is 9.60. The van der Waals surface area contributed by atoms with Crippen LogP contribution in [0.15, 0.2) is 48.5 Å². The van der Waals surface area contributed by atoms with E-state index in [2.05, 4.69) is 32.6 Å². The first kappa shape index (κ1) is 14.5. The summed E-state index contributed by atoms with van der Waals surface area (Å²) in [6.45, 7) is 0.